The minimum Gasteiger partial charge on any atom is -0.392 e. The molecule has 2 atom stereocenters. The fourth-order valence-electron chi connectivity index (χ4n) is 3.26. The van der Waals surface area contributed by atoms with Crippen molar-refractivity contribution in [2.45, 2.75) is 79.4 Å². The molecule has 0 aliphatic rings. The normalized spacial score (nSPS) is 17.0. The van der Waals surface area contributed by atoms with Crippen LogP contribution in [0.3, 0.4) is 0 Å². The third-order valence-electron chi connectivity index (χ3n) is 5.42. The van der Waals surface area contributed by atoms with Gasteiger partial charge in [0.25, 0.3) is 0 Å². The molecule has 0 spiro atoms. The molecule has 0 amide bonds. The van der Waals surface area contributed by atoms with Gasteiger partial charge in [-0.2, -0.15) is 79.0 Å². The molecular formula is C19H24F18N2O2. The molecule has 2 unspecified atom stereocenters. The van der Waals surface area contributed by atoms with Gasteiger partial charge >= 0.3 is 47.9 Å². The minimum atomic E-state index is -7.31. The average molecular weight is 654 g/mol. The number of halogens is 18. The third-order valence-corrected chi connectivity index (χ3v) is 5.42. The first kappa shape index (κ1) is 39.6. The summed E-state index contributed by atoms with van der Waals surface area (Å²) in [6, 6.07) is 0. The molecule has 0 heterocycles. The van der Waals surface area contributed by atoms with Gasteiger partial charge in [0.15, 0.2) is 0 Å². The predicted molar refractivity (Wildman–Crippen MR) is 103 cm³/mol. The topological polar surface area (TPSA) is 46.9 Å². The van der Waals surface area contributed by atoms with E-state index in [0.29, 0.717) is 4.90 Å². The minimum absolute atomic E-state index is 0.0146. The van der Waals surface area contributed by atoms with Crippen LogP contribution in [0.1, 0.15) is 19.3 Å². The predicted octanol–water partition coefficient (Wildman–Crippen LogP) is 5.68. The van der Waals surface area contributed by atoms with E-state index in [1.165, 1.54) is 19.0 Å². The lowest BCUT2D eigenvalue weighted by Gasteiger charge is -2.36. The highest BCUT2D eigenvalue weighted by Gasteiger charge is 2.82. The van der Waals surface area contributed by atoms with Crippen LogP contribution in [-0.2, 0) is 0 Å². The van der Waals surface area contributed by atoms with Gasteiger partial charge < -0.3 is 15.1 Å². The maximum absolute atomic E-state index is 13.8. The van der Waals surface area contributed by atoms with Crippen LogP contribution < -0.4 is 0 Å². The van der Waals surface area contributed by atoms with E-state index in [-0.39, 0.29) is 13.0 Å². The Labute approximate surface area is 219 Å². The van der Waals surface area contributed by atoms with Gasteiger partial charge in [-0.25, -0.2) is 0 Å². The summed E-state index contributed by atoms with van der Waals surface area (Å²) in [7, 11) is 2.84. The highest BCUT2D eigenvalue weighted by molar-refractivity contribution is 5.02. The maximum atomic E-state index is 13.8. The quantitative estimate of drug-likeness (QED) is 0.211. The summed E-state index contributed by atoms with van der Waals surface area (Å²) in [4.78, 5) is 1.75. The summed E-state index contributed by atoms with van der Waals surface area (Å²) < 4.78 is 234. The fraction of sp³-hybridized carbons (Fsp3) is 1.00. The Hall–Kier alpha value is -1.42. The number of alkyl halides is 18. The van der Waals surface area contributed by atoms with Crippen molar-refractivity contribution >= 4 is 0 Å². The second-order valence-corrected chi connectivity index (χ2v) is 9.33. The molecule has 2 N–H and O–H groups in total. The van der Waals surface area contributed by atoms with Crippen molar-refractivity contribution in [3.63, 3.8) is 0 Å². The van der Waals surface area contributed by atoms with Crippen molar-refractivity contribution < 1.29 is 89.2 Å². The average Bonchev–Trinajstić information content (AvgIpc) is 2.70. The monoisotopic (exact) mass is 654 g/mol. The van der Waals surface area contributed by atoms with E-state index in [4.69, 9.17) is 0 Å². The van der Waals surface area contributed by atoms with Crippen molar-refractivity contribution in [1.82, 2.24) is 9.80 Å². The zero-order valence-corrected chi connectivity index (χ0v) is 20.7. The summed E-state index contributed by atoms with van der Waals surface area (Å²) >= 11 is 0. The Kier molecular flexibility index (Phi) is 12.2. The lowest BCUT2D eigenvalue weighted by atomic mass is 9.97. The van der Waals surface area contributed by atoms with Crippen LogP contribution >= 0.6 is 0 Å². The molecule has 248 valence electrons. The molecule has 0 radical (unpaired) electrons. The zero-order chi connectivity index (χ0) is 33.3. The van der Waals surface area contributed by atoms with Gasteiger partial charge in [0.2, 0.25) is 0 Å². The SMILES string of the molecule is CN(C)CCCN(CC(O)CC(F)(F)C(F)(F)C(F)(F)C(F)(F)F)CC(O)CC(F)(F)C(F)(F)C(F)(F)C(F)(F)F. The molecule has 0 saturated heterocycles. The third kappa shape index (κ3) is 8.80. The van der Waals surface area contributed by atoms with Crippen molar-refractivity contribution in [3.05, 3.63) is 0 Å². The van der Waals surface area contributed by atoms with Crippen LogP contribution in [0.4, 0.5) is 79.0 Å². The summed E-state index contributed by atoms with van der Waals surface area (Å²) in [5, 5.41) is 19.4. The highest BCUT2D eigenvalue weighted by Crippen LogP contribution is 2.55. The molecule has 0 aromatic heterocycles. The van der Waals surface area contributed by atoms with E-state index in [1.54, 1.807) is 0 Å². The van der Waals surface area contributed by atoms with Crippen LogP contribution in [0.2, 0.25) is 0 Å². The van der Waals surface area contributed by atoms with Crippen LogP contribution in [0.15, 0.2) is 0 Å². The van der Waals surface area contributed by atoms with E-state index in [1.807, 2.05) is 0 Å². The van der Waals surface area contributed by atoms with Crippen molar-refractivity contribution in [2.75, 3.05) is 40.3 Å². The molecule has 0 aromatic carbocycles. The summed E-state index contributed by atoms with van der Waals surface area (Å²) in [5.41, 5.74) is 0. The van der Waals surface area contributed by atoms with E-state index >= 15 is 0 Å². The smallest absolute Gasteiger partial charge is 0.392 e. The maximum Gasteiger partial charge on any atom is 0.460 e. The molecule has 0 fully saturated rings. The Balaban J connectivity index is 5.87. The number of nitrogens with zero attached hydrogens (tertiary/aromatic N) is 2. The molecule has 0 bridgehead atoms. The summed E-state index contributed by atoms with van der Waals surface area (Å²) in [6.07, 6.45) is -26.2. The molecule has 0 rings (SSSR count). The number of hydrogen-bond donors (Lipinski definition) is 2. The lowest BCUT2D eigenvalue weighted by molar-refractivity contribution is -0.398. The van der Waals surface area contributed by atoms with Crippen LogP contribution in [0.5, 0.6) is 0 Å². The van der Waals surface area contributed by atoms with Crippen molar-refractivity contribution in [3.8, 4) is 0 Å². The first-order chi connectivity index (χ1) is 17.8. The molecule has 4 nitrogen and oxygen atoms in total. The van der Waals surface area contributed by atoms with E-state index in [2.05, 4.69) is 0 Å². The van der Waals surface area contributed by atoms with E-state index in [0.717, 1.165) is 0 Å². The fourth-order valence-corrected chi connectivity index (χ4v) is 3.26. The van der Waals surface area contributed by atoms with Gasteiger partial charge in [0.05, 0.1) is 12.2 Å². The van der Waals surface area contributed by atoms with Crippen molar-refractivity contribution in [2.24, 2.45) is 0 Å². The number of rotatable bonds is 16. The Morgan fingerprint density at radius 2 is 0.780 bits per heavy atom. The summed E-state index contributed by atoms with van der Waals surface area (Å²) in [5.74, 6) is -41.4. The van der Waals surface area contributed by atoms with Gasteiger partial charge in [-0.1, -0.05) is 0 Å². The van der Waals surface area contributed by atoms with Gasteiger partial charge in [-0.05, 0) is 33.6 Å². The molecule has 22 heteroatoms. The van der Waals surface area contributed by atoms with Gasteiger partial charge in [-0.3, -0.25) is 4.90 Å². The standard InChI is InChI=1S/C19H24F18N2O2/c1-38(2)4-3-5-39(8-10(40)6-12(20,21)14(24,25)16(28,29)18(32,33)34)9-11(41)7-13(22,23)15(26,27)17(30,31)19(35,36)37/h10-11,40-41H,3-9H2,1-2H3. The number of aliphatic hydroxyl groups is 2. The second-order valence-electron chi connectivity index (χ2n) is 9.33. The van der Waals surface area contributed by atoms with Crippen molar-refractivity contribution in [1.29, 1.82) is 0 Å². The zero-order valence-electron chi connectivity index (χ0n) is 20.7. The van der Waals surface area contributed by atoms with Gasteiger partial charge in [0.1, 0.15) is 0 Å². The van der Waals surface area contributed by atoms with Crippen LogP contribution in [0, 0.1) is 0 Å². The molecular weight excluding hydrogens is 630 g/mol. The first-order valence-electron chi connectivity index (χ1n) is 10.9. The van der Waals surface area contributed by atoms with Crippen LogP contribution in [0.25, 0.3) is 0 Å². The molecule has 0 aliphatic carbocycles. The molecule has 41 heavy (non-hydrogen) atoms. The molecule has 0 aromatic rings. The Bertz CT molecular complexity index is 768. The Morgan fingerprint density at radius 1 is 0.488 bits per heavy atom. The Morgan fingerprint density at radius 3 is 1.02 bits per heavy atom. The lowest BCUT2D eigenvalue weighted by Crippen LogP contribution is -2.62. The van der Waals surface area contributed by atoms with Gasteiger partial charge in [0, 0.05) is 25.9 Å². The number of aliphatic hydroxyl groups excluding tert-OH is 2. The van der Waals surface area contributed by atoms with E-state index in [9.17, 15) is 89.2 Å². The second kappa shape index (κ2) is 12.7. The molecule has 0 saturated carbocycles. The van der Waals surface area contributed by atoms with Crippen LogP contribution in [-0.4, -0.2) is 120 Å². The van der Waals surface area contributed by atoms with E-state index < -0.39 is 92.6 Å². The van der Waals surface area contributed by atoms with Gasteiger partial charge in [-0.15, -0.1) is 0 Å². The first-order valence-corrected chi connectivity index (χ1v) is 10.9. The summed E-state index contributed by atoms with van der Waals surface area (Å²) in [6.45, 7) is -3.64. The highest BCUT2D eigenvalue weighted by atomic mass is 19.4. The number of hydrogen-bond acceptors (Lipinski definition) is 4. The molecule has 0 aliphatic heterocycles. The largest absolute Gasteiger partial charge is 0.460 e.